The molecule has 0 bridgehead atoms. The summed E-state index contributed by atoms with van der Waals surface area (Å²) in [7, 11) is 1.88. The molecular formula is C54H62F4N8O3. The van der Waals surface area contributed by atoms with Crippen molar-refractivity contribution in [2.24, 2.45) is 11.3 Å². The van der Waals surface area contributed by atoms with Crippen LogP contribution in [0.25, 0.3) is 16.5 Å². The van der Waals surface area contributed by atoms with Crippen LogP contribution in [0.5, 0.6) is 5.75 Å². The zero-order valence-electron chi connectivity index (χ0n) is 39.6. The fraction of sp³-hybridized carbons (Fsp3) is 0.444. The van der Waals surface area contributed by atoms with Gasteiger partial charge >= 0.3 is 6.18 Å². The molecule has 3 aromatic carbocycles. The van der Waals surface area contributed by atoms with E-state index >= 15 is 0 Å². The lowest BCUT2D eigenvalue weighted by molar-refractivity contribution is -0.140. The molecule has 4 aliphatic rings. The average molecular weight is 947 g/mol. The first-order chi connectivity index (χ1) is 33.3. The molecule has 2 unspecified atom stereocenters. The number of alkyl halides is 4. The van der Waals surface area contributed by atoms with E-state index in [1.54, 1.807) is 30.5 Å². The highest BCUT2D eigenvalue weighted by atomic mass is 19.4. The van der Waals surface area contributed by atoms with Crippen molar-refractivity contribution in [3.05, 3.63) is 119 Å². The molecular weight excluding hydrogens is 885 g/mol. The Morgan fingerprint density at radius 1 is 0.986 bits per heavy atom. The van der Waals surface area contributed by atoms with Gasteiger partial charge in [-0.05, 0) is 131 Å². The van der Waals surface area contributed by atoms with Crippen LogP contribution in [-0.2, 0) is 17.8 Å². The zero-order valence-corrected chi connectivity index (χ0v) is 39.6. The lowest BCUT2D eigenvalue weighted by atomic mass is 9.72. The van der Waals surface area contributed by atoms with E-state index in [0.717, 1.165) is 99.6 Å². The summed E-state index contributed by atoms with van der Waals surface area (Å²) in [6, 6.07) is 22.9. The molecule has 2 atom stereocenters. The Kier molecular flexibility index (Phi) is 14.4. The van der Waals surface area contributed by atoms with Crippen LogP contribution in [0.4, 0.5) is 34.6 Å². The van der Waals surface area contributed by atoms with E-state index in [1.165, 1.54) is 15.8 Å². The van der Waals surface area contributed by atoms with Crippen molar-refractivity contribution in [3.8, 4) is 17.6 Å². The van der Waals surface area contributed by atoms with E-state index < -0.39 is 24.9 Å². The van der Waals surface area contributed by atoms with Crippen molar-refractivity contribution in [1.82, 2.24) is 24.8 Å². The van der Waals surface area contributed by atoms with Gasteiger partial charge in [-0.25, -0.2) is 4.39 Å². The van der Waals surface area contributed by atoms with E-state index in [1.807, 2.05) is 56.1 Å². The predicted octanol–water partition coefficient (Wildman–Crippen LogP) is 9.37. The van der Waals surface area contributed by atoms with Gasteiger partial charge in [0.2, 0.25) is 6.41 Å². The quantitative estimate of drug-likeness (QED) is 0.0387. The lowest BCUT2D eigenvalue weighted by Crippen LogP contribution is -2.72. The summed E-state index contributed by atoms with van der Waals surface area (Å²) in [5, 5.41) is 13.8. The number of hydrogen-bond acceptors (Lipinski definition) is 9. The summed E-state index contributed by atoms with van der Waals surface area (Å²) >= 11 is 0. The predicted molar refractivity (Wildman–Crippen MR) is 264 cm³/mol. The number of benzene rings is 3. The molecule has 5 heterocycles. The van der Waals surface area contributed by atoms with Gasteiger partial charge < -0.3 is 44.5 Å². The molecule has 9 rings (SSSR count). The number of fused-ring (bicyclic) bond motifs is 1. The van der Waals surface area contributed by atoms with Gasteiger partial charge in [0.1, 0.15) is 24.2 Å². The number of allylic oxidation sites excluding steroid dienone is 3. The molecule has 11 nitrogen and oxygen atoms in total. The van der Waals surface area contributed by atoms with Crippen LogP contribution in [0.1, 0.15) is 60.4 Å². The van der Waals surface area contributed by atoms with Gasteiger partial charge in [-0.3, -0.25) is 4.79 Å². The minimum atomic E-state index is -4.44. The van der Waals surface area contributed by atoms with Crippen molar-refractivity contribution in [1.29, 1.82) is 0 Å². The van der Waals surface area contributed by atoms with Crippen molar-refractivity contribution in [2.45, 2.75) is 83.4 Å². The Hall–Kier alpha value is -6.24. The number of anilines is 3. The first-order valence-electron chi connectivity index (χ1n) is 24.1. The summed E-state index contributed by atoms with van der Waals surface area (Å²) in [5.41, 5.74) is 7.50. The minimum Gasteiger partial charge on any atom is -0.490 e. The van der Waals surface area contributed by atoms with Gasteiger partial charge in [0, 0.05) is 91.0 Å². The molecule has 0 radical (unpaired) electrons. The van der Waals surface area contributed by atoms with E-state index in [2.05, 4.69) is 73.1 Å². The second-order valence-corrected chi connectivity index (χ2v) is 19.6. The third-order valence-electron chi connectivity index (χ3n) is 14.2. The topological polar surface area (TPSA) is 103 Å². The smallest absolute Gasteiger partial charge is 0.406 e. The monoisotopic (exact) mass is 946 g/mol. The molecule has 5 aromatic rings. The molecule has 1 amide bonds. The molecule has 1 aliphatic carbocycles. The molecule has 3 aliphatic heterocycles. The number of ether oxygens (including phenoxy) is 1. The van der Waals surface area contributed by atoms with Crippen LogP contribution >= 0.6 is 0 Å². The molecule has 364 valence electrons. The fourth-order valence-electron chi connectivity index (χ4n) is 10.8. The number of carbonyl (C=O) groups excluding carboxylic acids is 1. The molecule has 2 aromatic heterocycles. The summed E-state index contributed by atoms with van der Waals surface area (Å²) in [5.74, 6) is 8.18. The van der Waals surface area contributed by atoms with Crippen molar-refractivity contribution in [3.63, 3.8) is 0 Å². The molecule has 1 spiro atoms. The number of nitrogens with one attached hydrogen (secondary N) is 3. The summed E-state index contributed by atoms with van der Waals surface area (Å²) in [6.07, 6.45) is 6.83. The Morgan fingerprint density at radius 3 is 2.49 bits per heavy atom. The maximum absolute atomic E-state index is 14.9. The number of rotatable bonds is 16. The van der Waals surface area contributed by atoms with Crippen molar-refractivity contribution < 1.29 is 31.6 Å². The third kappa shape index (κ3) is 11.6. The summed E-state index contributed by atoms with van der Waals surface area (Å²) < 4.78 is 69.1. The number of amides is 1. The van der Waals surface area contributed by atoms with E-state index in [4.69, 9.17) is 9.26 Å². The Balaban J connectivity index is 0.696. The van der Waals surface area contributed by atoms with Crippen LogP contribution in [0.3, 0.4) is 0 Å². The highest BCUT2D eigenvalue weighted by molar-refractivity contribution is 5.94. The van der Waals surface area contributed by atoms with Gasteiger partial charge in [-0.2, -0.15) is 13.2 Å². The minimum absolute atomic E-state index is 0.183. The first kappa shape index (κ1) is 47.8. The third-order valence-corrected chi connectivity index (χ3v) is 14.2. The van der Waals surface area contributed by atoms with Gasteiger partial charge in [0.15, 0.2) is 0 Å². The number of nitrogens with zero attached hydrogens (tertiary/aromatic N) is 5. The molecule has 69 heavy (non-hydrogen) atoms. The normalized spacial score (nSPS) is 22.0. The Bertz CT molecular complexity index is 2680. The van der Waals surface area contributed by atoms with Crippen LogP contribution in [0, 0.1) is 37.0 Å². The van der Waals surface area contributed by atoms with E-state index in [-0.39, 0.29) is 18.3 Å². The lowest BCUT2D eigenvalue weighted by Gasteiger charge is -2.61. The summed E-state index contributed by atoms with van der Waals surface area (Å²) in [4.78, 5) is 18.1. The standard InChI is InChI=1S/C54H62F4N8O3/c1-37-52(38(2)69-62-37)41(28-59-36-67)10-4-8-39-9-5-11-43(26-39)65-33-53(34-65)31-64(32-53)29-40-15-19-45(20-16-40)68-46-21-17-42(18-22-46)60-24-7-12-44-27-47-49(61-50-23-25-63(3)30-48(50)55)13-6-14-51(47)66(44)35-54(56,57)58/h4-6,9-11,13-14,17-18,21-22,26-28,36,40,45,48,50,60-61H,8,15-16,19-20,23-25,29-35H2,1-3H3,(H,59,67)/b10-4-,41-28+. The average Bonchev–Trinajstić information content (AvgIpc) is 3.82. The maximum atomic E-state index is 14.9. The first-order valence-corrected chi connectivity index (χ1v) is 24.1. The van der Waals surface area contributed by atoms with Gasteiger partial charge in [-0.1, -0.05) is 41.4 Å². The van der Waals surface area contributed by atoms with Crippen molar-refractivity contribution in [2.75, 3.05) is 74.9 Å². The highest BCUT2D eigenvalue weighted by Crippen LogP contribution is 2.43. The molecule has 1 saturated carbocycles. The number of aromatic nitrogens is 2. The SMILES string of the molecule is Cc1noc(C)c1C(/C=C\Cc1cccc(N2CC3(CN(CC4CCC(Oc5ccc(NCC#Cc6cc7c(NC8CCN(C)CC8F)cccc7n6CC(F)(F)F)cc5)CC4)C3)C2)c1)=C/NC=O. The van der Waals surface area contributed by atoms with E-state index in [0.29, 0.717) is 53.1 Å². The molecule has 4 fully saturated rings. The van der Waals surface area contributed by atoms with Crippen molar-refractivity contribution >= 4 is 39.9 Å². The number of piperidine rings is 1. The van der Waals surface area contributed by atoms with Crippen LogP contribution < -0.4 is 25.6 Å². The van der Waals surface area contributed by atoms with Gasteiger partial charge in [-0.15, -0.1) is 0 Å². The second kappa shape index (κ2) is 20.8. The van der Waals surface area contributed by atoms with Crippen LogP contribution in [-0.4, -0.2) is 110 Å². The van der Waals surface area contributed by atoms with Gasteiger partial charge in [0.05, 0.1) is 35.6 Å². The zero-order chi connectivity index (χ0) is 48.1. The Morgan fingerprint density at radius 2 is 1.77 bits per heavy atom. The molecule has 3 saturated heterocycles. The number of carbonyl (C=O) groups is 1. The summed E-state index contributed by atoms with van der Waals surface area (Å²) in [6.45, 7) is 9.50. The van der Waals surface area contributed by atoms with E-state index in [9.17, 15) is 22.4 Å². The largest absolute Gasteiger partial charge is 0.490 e. The number of likely N-dealkylation sites (tertiary alicyclic amines) is 2. The number of hydrogen-bond donors (Lipinski definition) is 3. The Labute approximate surface area is 401 Å². The highest BCUT2D eigenvalue weighted by Gasteiger charge is 2.52. The maximum Gasteiger partial charge on any atom is 0.406 e. The molecule has 15 heteroatoms. The van der Waals surface area contributed by atoms with Crippen LogP contribution in [0.2, 0.25) is 0 Å². The fourth-order valence-corrected chi connectivity index (χ4v) is 10.8. The van der Waals surface area contributed by atoms with Gasteiger partial charge in [0.25, 0.3) is 0 Å². The second-order valence-electron chi connectivity index (χ2n) is 19.6. The molecule has 3 N–H and O–H groups in total. The number of halogens is 4. The van der Waals surface area contributed by atoms with Crippen LogP contribution in [0.15, 0.2) is 95.7 Å². The number of aryl methyl sites for hydroxylation is 2.